The number of thioether (sulfide) groups is 1. The van der Waals surface area contributed by atoms with Crippen LogP contribution < -0.4 is 0 Å². The van der Waals surface area contributed by atoms with Crippen molar-refractivity contribution < 1.29 is 0 Å². The molecule has 3 nitrogen and oxygen atoms in total. The van der Waals surface area contributed by atoms with Crippen molar-refractivity contribution in [2.45, 2.75) is 6.54 Å². The van der Waals surface area contributed by atoms with Gasteiger partial charge in [-0.2, -0.15) is 0 Å². The lowest BCUT2D eigenvalue weighted by Crippen LogP contribution is -2.18. The molecule has 1 aromatic rings. The van der Waals surface area contributed by atoms with E-state index in [1.54, 1.807) is 24.0 Å². The fourth-order valence-electron chi connectivity index (χ4n) is 1.05. The second kappa shape index (κ2) is 5.98. The molecule has 0 aliphatic rings. The second-order valence-electron chi connectivity index (χ2n) is 3.19. The van der Waals surface area contributed by atoms with Crippen molar-refractivity contribution in [1.29, 1.82) is 0 Å². The van der Waals surface area contributed by atoms with Gasteiger partial charge in [0.2, 0.25) is 0 Å². The molecule has 0 aromatic carbocycles. The SMILES string of the molecule is CSC(=NCc1ccc(Cl)nc1)N(C)C. The van der Waals surface area contributed by atoms with Crippen molar-refractivity contribution in [3.8, 4) is 0 Å². The molecule has 0 unspecified atom stereocenters. The first-order valence-electron chi connectivity index (χ1n) is 4.49. The molecule has 1 rings (SSSR count). The van der Waals surface area contributed by atoms with Gasteiger partial charge in [0, 0.05) is 20.3 Å². The molecule has 0 spiro atoms. The highest BCUT2D eigenvalue weighted by Gasteiger charge is 1.99. The highest BCUT2D eigenvalue weighted by molar-refractivity contribution is 8.13. The number of nitrogens with zero attached hydrogens (tertiary/aromatic N) is 3. The first-order chi connectivity index (χ1) is 7.13. The van der Waals surface area contributed by atoms with Gasteiger partial charge in [0.15, 0.2) is 5.17 Å². The Kier molecular flexibility index (Phi) is 4.91. The summed E-state index contributed by atoms with van der Waals surface area (Å²) in [4.78, 5) is 10.5. The van der Waals surface area contributed by atoms with E-state index in [1.807, 2.05) is 31.3 Å². The van der Waals surface area contributed by atoms with Crippen LogP contribution in [0.4, 0.5) is 0 Å². The molecule has 82 valence electrons. The van der Waals surface area contributed by atoms with E-state index in [4.69, 9.17) is 11.6 Å². The molecule has 0 bridgehead atoms. The number of hydrogen-bond acceptors (Lipinski definition) is 3. The third kappa shape index (κ3) is 4.10. The maximum atomic E-state index is 5.69. The summed E-state index contributed by atoms with van der Waals surface area (Å²) in [7, 11) is 3.96. The molecule has 1 heterocycles. The number of aromatic nitrogens is 1. The van der Waals surface area contributed by atoms with Crippen LogP contribution in [0.3, 0.4) is 0 Å². The number of pyridine rings is 1. The van der Waals surface area contributed by atoms with Crippen molar-refractivity contribution in [2.75, 3.05) is 20.4 Å². The predicted octanol–water partition coefficient (Wildman–Crippen LogP) is 2.52. The van der Waals surface area contributed by atoms with Crippen LogP contribution in [0.15, 0.2) is 23.3 Å². The van der Waals surface area contributed by atoms with Crippen LogP contribution in [0.5, 0.6) is 0 Å². The Morgan fingerprint density at radius 2 is 2.27 bits per heavy atom. The van der Waals surface area contributed by atoms with Gasteiger partial charge in [0.05, 0.1) is 6.54 Å². The molecule has 0 aliphatic heterocycles. The number of amidine groups is 1. The molecule has 0 radical (unpaired) electrons. The van der Waals surface area contributed by atoms with Crippen LogP contribution in [-0.2, 0) is 6.54 Å². The summed E-state index contributed by atoms with van der Waals surface area (Å²) in [5.41, 5.74) is 1.06. The van der Waals surface area contributed by atoms with Crippen molar-refractivity contribution in [3.05, 3.63) is 29.0 Å². The van der Waals surface area contributed by atoms with E-state index in [-0.39, 0.29) is 0 Å². The minimum atomic E-state index is 0.514. The number of rotatable bonds is 2. The monoisotopic (exact) mass is 243 g/mol. The van der Waals surface area contributed by atoms with Gasteiger partial charge in [-0.3, -0.25) is 4.99 Å². The lowest BCUT2D eigenvalue weighted by Gasteiger charge is -2.12. The average Bonchev–Trinajstić information content (AvgIpc) is 2.21. The van der Waals surface area contributed by atoms with E-state index in [2.05, 4.69) is 9.98 Å². The molecule has 0 fully saturated rings. The van der Waals surface area contributed by atoms with Crippen molar-refractivity contribution in [1.82, 2.24) is 9.88 Å². The van der Waals surface area contributed by atoms with Crippen LogP contribution in [0, 0.1) is 0 Å². The summed E-state index contributed by atoms with van der Waals surface area (Å²) in [6, 6.07) is 3.72. The Labute approximate surface area is 99.6 Å². The first-order valence-corrected chi connectivity index (χ1v) is 6.10. The van der Waals surface area contributed by atoms with E-state index >= 15 is 0 Å². The van der Waals surface area contributed by atoms with Crippen LogP contribution in [0.25, 0.3) is 0 Å². The number of aliphatic imine (C=N–C) groups is 1. The molecule has 0 saturated carbocycles. The van der Waals surface area contributed by atoms with E-state index in [1.165, 1.54) is 0 Å². The van der Waals surface area contributed by atoms with Crippen molar-refractivity contribution in [2.24, 2.45) is 4.99 Å². The van der Waals surface area contributed by atoms with Crippen molar-refractivity contribution >= 4 is 28.5 Å². The molecule has 0 amide bonds. The predicted molar refractivity (Wildman–Crippen MR) is 67.6 cm³/mol. The number of hydrogen-bond donors (Lipinski definition) is 0. The van der Waals surface area contributed by atoms with Gasteiger partial charge in [-0.25, -0.2) is 4.98 Å². The first kappa shape index (κ1) is 12.3. The van der Waals surface area contributed by atoms with E-state index in [0.29, 0.717) is 11.7 Å². The van der Waals surface area contributed by atoms with Gasteiger partial charge in [-0.15, -0.1) is 0 Å². The molecule has 5 heteroatoms. The minimum absolute atomic E-state index is 0.514. The quantitative estimate of drug-likeness (QED) is 0.454. The number of halogens is 1. The van der Waals surface area contributed by atoms with Crippen LogP contribution in [0.2, 0.25) is 5.15 Å². The van der Waals surface area contributed by atoms with E-state index in [0.717, 1.165) is 10.7 Å². The molecule has 15 heavy (non-hydrogen) atoms. The lowest BCUT2D eigenvalue weighted by atomic mass is 10.3. The topological polar surface area (TPSA) is 28.5 Å². The smallest absolute Gasteiger partial charge is 0.158 e. The summed E-state index contributed by atoms with van der Waals surface area (Å²) in [6.07, 6.45) is 3.76. The third-order valence-corrected chi connectivity index (χ3v) is 2.83. The molecule has 0 N–H and O–H groups in total. The Hall–Kier alpha value is -0.740. The van der Waals surface area contributed by atoms with Gasteiger partial charge >= 0.3 is 0 Å². The molecular weight excluding hydrogens is 230 g/mol. The summed E-state index contributed by atoms with van der Waals surface area (Å²) >= 11 is 7.32. The minimum Gasteiger partial charge on any atom is -0.358 e. The molecule has 1 aromatic heterocycles. The lowest BCUT2D eigenvalue weighted by molar-refractivity contribution is 0.632. The zero-order valence-electron chi connectivity index (χ0n) is 9.07. The molecule has 0 saturated heterocycles. The van der Waals surface area contributed by atoms with Gasteiger partial charge in [-0.05, 0) is 17.9 Å². The Balaban J connectivity index is 2.66. The zero-order chi connectivity index (χ0) is 11.3. The van der Waals surface area contributed by atoms with E-state index in [9.17, 15) is 0 Å². The maximum Gasteiger partial charge on any atom is 0.158 e. The second-order valence-corrected chi connectivity index (χ2v) is 4.35. The third-order valence-electron chi connectivity index (χ3n) is 1.75. The summed E-state index contributed by atoms with van der Waals surface area (Å²) in [5.74, 6) is 0. The fraction of sp³-hybridized carbons (Fsp3) is 0.400. The average molecular weight is 244 g/mol. The van der Waals surface area contributed by atoms with Crippen molar-refractivity contribution in [3.63, 3.8) is 0 Å². The summed E-state index contributed by atoms with van der Waals surface area (Å²) in [5, 5.41) is 1.52. The normalized spacial score (nSPS) is 11.6. The molecular formula is C10H14ClN3S. The Morgan fingerprint density at radius 1 is 1.53 bits per heavy atom. The maximum absolute atomic E-state index is 5.69. The van der Waals surface area contributed by atoms with Crippen LogP contribution in [-0.4, -0.2) is 35.4 Å². The largest absolute Gasteiger partial charge is 0.358 e. The summed E-state index contributed by atoms with van der Waals surface area (Å²) < 4.78 is 0. The standard InChI is InChI=1S/C10H14ClN3S/c1-14(2)10(15-3)13-7-8-4-5-9(11)12-6-8/h4-6H,7H2,1-3H3. The van der Waals surface area contributed by atoms with Crippen LogP contribution in [0.1, 0.15) is 5.56 Å². The van der Waals surface area contributed by atoms with E-state index < -0.39 is 0 Å². The molecule has 0 aliphatic carbocycles. The zero-order valence-corrected chi connectivity index (χ0v) is 10.6. The van der Waals surface area contributed by atoms with Gasteiger partial charge in [-0.1, -0.05) is 29.4 Å². The Morgan fingerprint density at radius 3 is 2.73 bits per heavy atom. The summed E-state index contributed by atoms with van der Waals surface area (Å²) in [6.45, 7) is 0.637. The van der Waals surface area contributed by atoms with Crippen LogP contribution >= 0.6 is 23.4 Å². The highest BCUT2D eigenvalue weighted by atomic mass is 35.5. The Bertz CT molecular complexity index is 335. The fourth-order valence-corrected chi connectivity index (χ4v) is 1.72. The molecule has 0 atom stereocenters. The van der Waals surface area contributed by atoms with Gasteiger partial charge in [0.1, 0.15) is 5.15 Å². The highest BCUT2D eigenvalue weighted by Crippen LogP contribution is 2.08. The van der Waals surface area contributed by atoms with Gasteiger partial charge in [0.25, 0.3) is 0 Å². The van der Waals surface area contributed by atoms with Gasteiger partial charge < -0.3 is 4.90 Å².